The molecule has 0 amide bonds. The number of hydrogen-bond acceptors (Lipinski definition) is 1. The zero-order valence-electron chi connectivity index (χ0n) is 46.1. The maximum absolute atomic E-state index is 6.14. The third-order valence-electron chi connectivity index (χ3n) is 14.2. The standard InChI is InChI=1S/C14H23BrSi2.C12H18.C8H11N.C7H8N.C6H16Cl2Si2.2C4H9.C3H7.Sn/c1-16(2)8-9-17(3,4)14(16)11-12-6-5-7-13(15)10-12;1-3-8-11(4-2)12-9-6-5-7-10-12;1-7-3-2-4-8(5-7)6-9;8-6-7-4-2-1-3-5-7;1-9(2,7)5-6-10(3,4)8;2*1-3-4-2;1-3-2;/h5-7,10,14H,8-9,11H2,1-4H3;5-7,9-11H,3-4,8H2,1-2H3;2-5H,6,9H2,1H3;1-2,4-5H,6,8H2;5-6H2,1-4H3;2*1,3-4H2,2H3;1,3H2,2H3;/p+1. The van der Waals surface area contributed by atoms with E-state index in [-0.39, 0.29) is 0 Å². The van der Waals surface area contributed by atoms with Gasteiger partial charge in [-0.05, 0) is 78.2 Å². The van der Waals surface area contributed by atoms with Gasteiger partial charge in [-0.15, -0.1) is 0 Å². The molecule has 0 spiro atoms. The van der Waals surface area contributed by atoms with Crippen molar-refractivity contribution < 1.29 is 5.73 Å². The van der Waals surface area contributed by atoms with Gasteiger partial charge in [0.1, 0.15) is 14.8 Å². The zero-order chi connectivity index (χ0) is 51.4. The van der Waals surface area contributed by atoms with Gasteiger partial charge in [0.15, 0.2) is 0 Å². The van der Waals surface area contributed by atoms with Crippen molar-refractivity contribution in [3.8, 4) is 0 Å². The van der Waals surface area contributed by atoms with E-state index in [1.807, 2.05) is 12.1 Å². The SMILES string of the molecule is CCCC(CC)c1ccccc1.CCC[CH2][Sn]([CH2]CC)([CH2]CCC)[c]1cccc(C[NH3+])c1.C[Si](C)(Cl)CC[Si](C)(C)Cl.C[Si]1(C)CC[Si](C)(C)C1Cc1cccc(Br)c1.Cc1cccc(CN)c1. The molecular weight excluding hydrogens is 1110 g/mol. The van der Waals surface area contributed by atoms with Crippen LogP contribution >= 0.6 is 38.1 Å². The van der Waals surface area contributed by atoms with E-state index in [4.69, 9.17) is 27.9 Å². The molecule has 0 saturated carbocycles. The molecule has 1 aliphatic heterocycles. The Morgan fingerprint density at radius 3 is 1.63 bits per heavy atom. The van der Waals surface area contributed by atoms with Gasteiger partial charge in [0.25, 0.3) is 0 Å². The van der Waals surface area contributed by atoms with E-state index >= 15 is 0 Å². The van der Waals surface area contributed by atoms with Crippen LogP contribution in [0.5, 0.6) is 0 Å². The summed E-state index contributed by atoms with van der Waals surface area (Å²) in [5.41, 5.74) is 16.4. The Kier molecular flexibility index (Phi) is 32.9. The molecule has 384 valence electrons. The molecule has 5 N–H and O–H groups in total. The first-order valence-electron chi connectivity index (χ1n) is 26.8. The van der Waals surface area contributed by atoms with Gasteiger partial charge in [-0.1, -0.05) is 173 Å². The predicted octanol–water partition coefficient (Wildman–Crippen LogP) is 18.7. The smallest absolute Gasteiger partial charge is 0.150 e. The maximum atomic E-state index is 6.14. The second kappa shape index (κ2) is 34.1. The normalized spacial score (nSPS) is 14.8. The van der Waals surface area contributed by atoms with Crippen molar-refractivity contribution in [3.63, 3.8) is 0 Å². The van der Waals surface area contributed by atoms with Gasteiger partial charge in [-0.3, -0.25) is 0 Å². The van der Waals surface area contributed by atoms with Gasteiger partial charge >= 0.3 is 130 Å². The molecule has 1 saturated heterocycles. The van der Waals surface area contributed by atoms with Crippen molar-refractivity contribution in [1.29, 1.82) is 0 Å². The summed E-state index contributed by atoms with van der Waals surface area (Å²) in [5, 5.41) is 1.06. The Bertz CT molecular complexity index is 1880. The van der Waals surface area contributed by atoms with Gasteiger partial charge in [0, 0.05) is 27.2 Å². The minimum atomic E-state index is -2.16. The van der Waals surface area contributed by atoms with Gasteiger partial charge in [0.2, 0.25) is 0 Å². The summed E-state index contributed by atoms with van der Waals surface area (Å²) in [6, 6.07) is 42.9. The van der Waals surface area contributed by atoms with Crippen LogP contribution in [0.2, 0.25) is 95.0 Å². The molecule has 0 radical (unpaired) electrons. The van der Waals surface area contributed by atoms with Crippen LogP contribution in [-0.2, 0) is 19.5 Å². The van der Waals surface area contributed by atoms with Crippen LogP contribution in [0.15, 0.2) is 108 Å². The molecule has 1 aliphatic rings. The molecule has 1 unspecified atom stereocenters. The van der Waals surface area contributed by atoms with Gasteiger partial charge in [0.05, 0.1) is 0 Å². The van der Waals surface area contributed by atoms with E-state index in [0.717, 1.165) is 29.7 Å². The molecule has 5 rings (SSSR count). The minimum Gasteiger partial charge on any atom is -0.326 e. The molecule has 4 aromatic carbocycles. The molecule has 4 aromatic rings. The van der Waals surface area contributed by atoms with Crippen LogP contribution in [0, 0.1) is 6.92 Å². The van der Waals surface area contributed by atoms with E-state index in [1.54, 1.807) is 24.5 Å². The minimum absolute atomic E-state index is 0.641. The fourth-order valence-electron chi connectivity index (χ4n) is 9.99. The summed E-state index contributed by atoms with van der Waals surface area (Å²) in [4.78, 5) is 0. The van der Waals surface area contributed by atoms with Crippen LogP contribution in [0.25, 0.3) is 0 Å². The summed E-state index contributed by atoms with van der Waals surface area (Å²) >= 11 is 13.7. The zero-order valence-corrected chi connectivity index (χ0v) is 56.1. The average Bonchev–Trinajstić information content (AvgIpc) is 3.51. The first kappa shape index (κ1) is 65.5. The molecule has 0 aliphatic carbocycles. The summed E-state index contributed by atoms with van der Waals surface area (Å²) in [7, 11) is -4.61. The molecule has 0 bridgehead atoms. The van der Waals surface area contributed by atoms with E-state index < -0.39 is 49.3 Å². The van der Waals surface area contributed by atoms with Crippen LogP contribution in [0.1, 0.15) is 120 Å². The van der Waals surface area contributed by atoms with Gasteiger partial charge < -0.3 is 5.73 Å². The molecule has 2 nitrogen and oxygen atoms in total. The van der Waals surface area contributed by atoms with E-state index in [1.165, 1.54) is 94.5 Å². The number of benzene rings is 4. The second-order valence-corrected chi connectivity index (χ2v) is 61.6. The second-order valence-electron chi connectivity index (χ2n) is 22.5. The Morgan fingerprint density at radius 1 is 0.662 bits per heavy atom. The number of unbranched alkanes of at least 4 members (excludes halogenated alkanes) is 2. The summed E-state index contributed by atoms with van der Waals surface area (Å²) < 4.78 is 7.66. The third-order valence-corrected chi connectivity index (χ3v) is 47.7. The van der Waals surface area contributed by atoms with Crippen molar-refractivity contribution in [2.45, 2.75) is 213 Å². The van der Waals surface area contributed by atoms with Crippen molar-refractivity contribution in [1.82, 2.24) is 0 Å². The Balaban J connectivity index is 0.000000439. The van der Waals surface area contributed by atoms with E-state index in [0.29, 0.717) is 6.54 Å². The van der Waals surface area contributed by atoms with Crippen molar-refractivity contribution in [2.75, 3.05) is 0 Å². The molecule has 1 atom stereocenters. The molecule has 1 heterocycles. The number of nitrogens with two attached hydrogens (primary N) is 1. The number of quaternary nitrogens is 1. The Hall–Kier alpha value is -0.474. The number of rotatable bonds is 20. The Labute approximate surface area is 447 Å². The number of halogens is 3. The summed E-state index contributed by atoms with van der Waals surface area (Å²) in [5.74, 6) is 0.774. The maximum Gasteiger partial charge on any atom is 0.150 e. The predicted molar refractivity (Wildman–Crippen MR) is 329 cm³/mol. The summed E-state index contributed by atoms with van der Waals surface area (Å²) in [6.45, 7) is 34.4. The monoisotopic (exact) mass is 1210 g/mol. The average molecular weight is 1210 g/mol. The first-order chi connectivity index (χ1) is 31.9. The molecule has 68 heavy (non-hydrogen) atoms. The van der Waals surface area contributed by atoms with Crippen LogP contribution in [-0.4, -0.2) is 49.3 Å². The van der Waals surface area contributed by atoms with Crippen LogP contribution in [0.4, 0.5) is 0 Å². The van der Waals surface area contributed by atoms with E-state index in [9.17, 15) is 0 Å². The van der Waals surface area contributed by atoms with Crippen LogP contribution in [0.3, 0.4) is 0 Å². The van der Waals surface area contributed by atoms with Gasteiger partial charge in [-0.25, -0.2) is 0 Å². The van der Waals surface area contributed by atoms with Crippen LogP contribution < -0.4 is 15.0 Å². The largest absolute Gasteiger partial charge is 0.326 e. The third kappa shape index (κ3) is 27.0. The molecule has 1 fully saturated rings. The quantitative estimate of drug-likeness (QED) is 0.0672. The molecule has 0 aromatic heterocycles. The van der Waals surface area contributed by atoms with Crippen molar-refractivity contribution in [3.05, 3.63) is 135 Å². The van der Waals surface area contributed by atoms with Crippen molar-refractivity contribution >= 4 is 91.0 Å². The summed E-state index contributed by atoms with van der Waals surface area (Å²) in [6.07, 6.45) is 12.2. The fourth-order valence-corrected chi connectivity index (χ4v) is 49.6. The fraction of sp³-hybridized carbons (Fsp3) is 0.586. The number of aryl methyl sites for hydroxylation is 1. The Morgan fingerprint density at radius 2 is 1.19 bits per heavy atom. The topological polar surface area (TPSA) is 53.7 Å². The number of hydrogen-bond donors (Lipinski definition) is 2. The molecule has 10 heteroatoms. The van der Waals surface area contributed by atoms with Gasteiger partial charge in [-0.2, -0.15) is 22.2 Å². The van der Waals surface area contributed by atoms with Crippen molar-refractivity contribution in [2.24, 2.45) is 5.73 Å². The first-order valence-corrected chi connectivity index (χ1v) is 50.0. The molecular formula is C58H102BrCl2N2Si4Sn+. The van der Waals surface area contributed by atoms with E-state index in [2.05, 4.69) is 207 Å².